The van der Waals surface area contributed by atoms with E-state index in [1.807, 2.05) is 17.0 Å². The molecular weight excluding hydrogens is 388 g/mol. The first-order valence-corrected chi connectivity index (χ1v) is 8.51. The fraction of sp³-hybridized carbons (Fsp3) is 0.389. The molecule has 2 heterocycles. The van der Waals surface area contributed by atoms with Gasteiger partial charge in [0.2, 0.25) is 5.91 Å². The second-order valence-corrected chi connectivity index (χ2v) is 6.60. The fourth-order valence-corrected chi connectivity index (χ4v) is 3.33. The molecule has 0 spiro atoms. The normalized spacial score (nSPS) is 18.4. The van der Waals surface area contributed by atoms with Crippen molar-refractivity contribution in [3.05, 3.63) is 53.3 Å². The van der Waals surface area contributed by atoms with E-state index in [4.69, 9.17) is 0 Å². The van der Waals surface area contributed by atoms with Crippen LogP contribution < -0.4 is 5.32 Å². The SMILES string of the molecule is O=C(CN1CCCC1c1ccc[nH]1)Nc1cc(C(F)(F)F)cc(C(F)(F)F)c1. The summed E-state index contributed by atoms with van der Waals surface area (Å²) in [5.41, 5.74) is -2.57. The van der Waals surface area contributed by atoms with Gasteiger partial charge in [0, 0.05) is 17.6 Å². The molecule has 4 nitrogen and oxygen atoms in total. The maximum absolute atomic E-state index is 12.9. The number of likely N-dealkylation sites (tertiary alicyclic amines) is 1. The van der Waals surface area contributed by atoms with Crippen molar-refractivity contribution in [1.82, 2.24) is 9.88 Å². The average molecular weight is 405 g/mol. The van der Waals surface area contributed by atoms with E-state index in [1.165, 1.54) is 0 Å². The van der Waals surface area contributed by atoms with Crippen molar-refractivity contribution in [3.63, 3.8) is 0 Å². The van der Waals surface area contributed by atoms with Crippen LogP contribution in [0.5, 0.6) is 0 Å². The van der Waals surface area contributed by atoms with Gasteiger partial charge in [0.05, 0.1) is 23.7 Å². The Morgan fingerprint density at radius 1 is 1.11 bits per heavy atom. The molecular formula is C18H17F6N3O. The molecule has 1 saturated heterocycles. The van der Waals surface area contributed by atoms with E-state index in [1.54, 1.807) is 6.20 Å². The number of alkyl halides is 6. The number of hydrogen-bond acceptors (Lipinski definition) is 2. The number of halogens is 6. The number of nitrogens with one attached hydrogen (secondary N) is 2. The minimum absolute atomic E-state index is 0.0252. The summed E-state index contributed by atoms with van der Waals surface area (Å²) in [7, 11) is 0. The molecule has 1 aliphatic rings. The average Bonchev–Trinajstić information content (AvgIpc) is 3.23. The molecule has 0 aliphatic carbocycles. The lowest BCUT2D eigenvalue weighted by atomic mass is 10.1. The Hall–Kier alpha value is -2.49. The number of aromatic amines is 1. The molecule has 152 valence electrons. The number of anilines is 1. The Bertz CT molecular complexity index is 797. The highest BCUT2D eigenvalue weighted by Crippen LogP contribution is 2.37. The van der Waals surface area contributed by atoms with Gasteiger partial charge in [-0.2, -0.15) is 26.3 Å². The van der Waals surface area contributed by atoms with Crippen molar-refractivity contribution in [3.8, 4) is 0 Å². The summed E-state index contributed by atoms with van der Waals surface area (Å²) in [5, 5.41) is 2.17. The predicted octanol–water partition coefficient (Wildman–Crippen LogP) is 4.83. The molecule has 2 N–H and O–H groups in total. The highest BCUT2D eigenvalue weighted by Gasteiger charge is 2.37. The number of carbonyl (C=O) groups excluding carboxylic acids is 1. The lowest BCUT2D eigenvalue weighted by Crippen LogP contribution is -2.33. The highest BCUT2D eigenvalue weighted by atomic mass is 19.4. The molecule has 1 fully saturated rings. The third kappa shape index (κ3) is 4.67. The Labute approximate surface area is 156 Å². The zero-order valence-corrected chi connectivity index (χ0v) is 14.5. The second kappa shape index (κ2) is 7.50. The quantitative estimate of drug-likeness (QED) is 0.716. The van der Waals surface area contributed by atoms with Crippen molar-refractivity contribution in [2.24, 2.45) is 0 Å². The summed E-state index contributed by atoms with van der Waals surface area (Å²) in [4.78, 5) is 17.2. The fourth-order valence-electron chi connectivity index (χ4n) is 3.33. The standard InChI is InChI=1S/C18H17F6N3O/c19-17(20,21)11-7-12(18(22,23)24)9-13(8-11)26-16(28)10-27-6-2-4-15(27)14-3-1-5-25-14/h1,3,5,7-9,15,25H,2,4,6,10H2,(H,26,28). The van der Waals surface area contributed by atoms with Crippen LogP contribution in [0.4, 0.5) is 32.0 Å². The molecule has 0 bridgehead atoms. The van der Waals surface area contributed by atoms with Crippen molar-refractivity contribution in [1.29, 1.82) is 0 Å². The highest BCUT2D eigenvalue weighted by molar-refractivity contribution is 5.92. The molecule has 28 heavy (non-hydrogen) atoms. The number of carbonyl (C=O) groups is 1. The Kier molecular flexibility index (Phi) is 5.42. The zero-order chi connectivity index (χ0) is 20.5. The largest absolute Gasteiger partial charge is 0.416 e. The first-order valence-electron chi connectivity index (χ1n) is 8.51. The summed E-state index contributed by atoms with van der Waals surface area (Å²) < 4.78 is 77.5. The second-order valence-electron chi connectivity index (χ2n) is 6.60. The van der Waals surface area contributed by atoms with Gasteiger partial charge >= 0.3 is 12.4 Å². The van der Waals surface area contributed by atoms with Crippen LogP contribution in [-0.4, -0.2) is 28.9 Å². The van der Waals surface area contributed by atoms with E-state index in [2.05, 4.69) is 10.3 Å². The molecule has 1 aromatic carbocycles. The van der Waals surface area contributed by atoms with Crippen LogP contribution in [0.1, 0.15) is 35.7 Å². The Morgan fingerprint density at radius 3 is 2.29 bits per heavy atom. The summed E-state index contributed by atoms with van der Waals surface area (Å²) in [6.45, 7) is 0.467. The van der Waals surface area contributed by atoms with Crippen molar-refractivity contribution in [2.45, 2.75) is 31.2 Å². The summed E-state index contributed by atoms with van der Waals surface area (Å²) in [6.07, 6.45) is -6.55. The van der Waals surface area contributed by atoms with E-state index < -0.39 is 35.1 Å². The van der Waals surface area contributed by atoms with Crippen LogP contribution in [0.3, 0.4) is 0 Å². The third-order valence-electron chi connectivity index (χ3n) is 4.56. The van der Waals surface area contributed by atoms with E-state index in [0.29, 0.717) is 18.7 Å². The number of H-pyrrole nitrogens is 1. The molecule has 1 unspecified atom stereocenters. The number of benzene rings is 1. The maximum atomic E-state index is 12.9. The van der Waals surface area contributed by atoms with Crippen LogP contribution in [0.15, 0.2) is 36.5 Å². The van der Waals surface area contributed by atoms with E-state index >= 15 is 0 Å². The van der Waals surface area contributed by atoms with Gasteiger partial charge < -0.3 is 10.3 Å². The summed E-state index contributed by atoms with van der Waals surface area (Å²) in [5.74, 6) is -0.675. The van der Waals surface area contributed by atoms with Gasteiger partial charge in [-0.3, -0.25) is 9.69 Å². The summed E-state index contributed by atoms with van der Waals surface area (Å²) in [6, 6.07) is 4.65. The number of amides is 1. The van der Waals surface area contributed by atoms with Crippen molar-refractivity contribution in [2.75, 3.05) is 18.4 Å². The van der Waals surface area contributed by atoms with Gasteiger partial charge in [-0.05, 0) is 49.7 Å². The molecule has 1 aliphatic heterocycles. The van der Waals surface area contributed by atoms with Crippen LogP contribution >= 0.6 is 0 Å². The topological polar surface area (TPSA) is 48.1 Å². The van der Waals surface area contributed by atoms with Crippen molar-refractivity contribution < 1.29 is 31.1 Å². The number of nitrogens with zero attached hydrogens (tertiary/aromatic N) is 1. The Balaban J connectivity index is 1.76. The number of rotatable bonds is 4. The van der Waals surface area contributed by atoms with Gasteiger partial charge in [-0.25, -0.2) is 0 Å². The minimum atomic E-state index is -4.96. The molecule has 3 rings (SSSR count). The van der Waals surface area contributed by atoms with Gasteiger partial charge in [-0.1, -0.05) is 0 Å². The van der Waals surface area contributed by atoms with Gasteiger partial charge in [0.25, 0.3) is 0 Å². The van der Waals surface area contributed by atoms with E-state index in [-0.39, 0.29) is 18.7 Å². The molecule has 1 aromatic heterocycles. The smallest absolute Gasteiger partial charge is 0.364 e. The summed E-state index contributed by atoms with van der Waals surface area (Å²) >= 11 is 0. The number of hydrogen-bond donors (Lipinski definition) is 2. The van der Waals surface area contributed by atoms with Gasteiger partial charge in [0.15, 0.2) is 0 Å². The predicted molar refractivity (Wildman–Crippen MR) is 89.4 cm³/mol. The molecule has 0 saturated carbocycles. The lowest BCUT2D eigenvalue weighted by Gasteiger charge is -2.23. The van der Waals surface area contributed by atoms with E-state index in [0.717, 1.165) is 18.5 Å². The van der Waals surface area contributed by atoms with Crippen molar-refractivity contribution >= 4 is 11.6 Å². The maximum Gasteiger partial charge on any atom is 0.416 e. The first kappa shape index (κ1) is 20.2. The van der Waals surface area contributed by atoms with Gasteiger partial charge in [0.1, 0.15) is 0 Å². The van der Waals surface area contributed by atoms with E-state index in [9.17, 15) is 31.1 Å². The Morgan fingerprint density at radius 2 is 1.75 bits per heavy atom. The molecule has 1 atom stereocenters. The third-order valence-corrected chi connectivity index (χ3v) is 4.56. The number of aromatic nitrogens is 1. The minimum Gasteiger partial charge on any atom is -0.364 e. The van der Waals surface area contributed by atoms with Crippen LogP contribution in [-0.2, 0) is 17.1 Å². The molecule has 2 aromatic rings. The molecule has 10 heteroatoms. The lowest BCUT2D eigenvalue weighted by molar-refractivity contribution is -0.143. The monoisotopic (exact) mass is 405 g/mol. The molecule has 0 radical (unpaired) electrons. The van der Waals surface area contributed by atoms with Gasteiger partial charge in [-0.15, -0.1) is 0 Å². The molecule has 1 amide bonds. The van der Waals surface area contributed by atoms with Crippen LogP contribution in [0.25, 0.3) is 0 Å². The van der Waals surface area contributed by atoms with Crippen LogP contribution in [0, 0.1) is 0 Å². The van der Waals surface area contributed by atoms with Crippen LogP contribution in [0.2, 0.25) is 0 Å². The zero-order valence-electron chi connectivity index (χ0n) is 14.5. The first-order chi connectivity index (χ1) is 13.0.